The van der Waals surface area contributed by atoms with Crippen molar-refractivity contribution in [1.82, 2.24) is 4.57 Å². The van der Waals surface area contributed by atoms with Crippen LogP contribution in [0.25, 0.3) is 11.1 Å². The first-order valence-electron chi connectivity index (χ1n) is 9.38. The van der Waals surface area contributed by atoms with Gasteiger partial charge in [-0.05, 0) is 49.2 Å². The number of carbonyl (C=O) groups is 1. The standard InChI is InChI=1S/C22H19F3N2O4/c1-12-19(15-4-3-5-16(9-15)31-22(23,24)25)20(21(26)28)13(2)27(12)10-14-6-7-17-18(8-14)30-11-29-17/h3-9H,10-11H2,1-2H3,(H2,26,28). The quantitative estimate of drug-likeness (QED) is 0.642. The second-order valence-electron chi connectivity index (χ2n) is 7.13. The van der Waals surface area contributed by atoms with Gasteiger partial charge in [0.2, 0.25) is 6.79 Å². The summed E-state index contributed by atoms with van der Waals surface area (Å²) in [7, 11) is 0. The minimum atomic E-state index is -4.82. The molecule has 0 saturated heterocycles. The van der Waals surface area contributed by atoms with Gasteiger partial charge in [0.05, 0.1) is 5.56 Å². The maximum atomic E-state index is 12.6. The van der Waals surface area contributed by atoms with Crippen LogP contribution in [0.1, 0.15) is 27.3 Å². The van der Waals surface area contributed by atoms with E-state index in [4.69, 9.17) is 15.2 Å². The fraction of sp³-hybridized carbons (Fsp3) is 0.227. The van der Waals surface area contributed by atoms with Crippen LogP contribution in [-0.2, 0) is 6.54 Å². The van der Waals surface area contributed by atoms with Crippen LogP contribution >= 0.6 is 0 Å². The number of nitrogens with two attached hydrogens (primary N) is 1. The zero-order valence-electron chi connectivity index (χ0n) is 16.7. The van der Waals surface area contributed by atoms with Crippen LogP contribution in [0, 0.1) is 13.8 Å². The van der Waals surface area contributed by atoms with E-state index in [1.165, 1.54) is 18.2 Å². The Morgan fingerprint density at radius 2 is 1.84 bits per heavy atom. The molecule has 6 nitrogen and oxygen atoms in total. The monoisotopic (exact) mass is 432 g/mol. The van der Waals surface area contributed by atoms with Gasteiger partial charge in [-0.1, -0.05) is 18.2 Å². The van der Waals surface area contributed by atoms with Gasteiger partial charge >= 0.3 is 6.36 Å². The molecule has 1 aliphatic heterocycles. The van der Waals surface area contributed by atoms with Crippen LogP contribution in [0.4, 0.5) is 13.2 Å². The highest BCUT2D eigenvalue weighted by Gasteiger charge is 2.31. The topological polar surface area (TPSA) is 75.7 Å². The number of rotatable bonds is 5. The maximum absolute atomic E-state index is 12.6. The Kier molecular flexibility index (Phi) is 5.04. The Balaban J connectivity index is 1.77. The summed E-state index contributed by atoms with van der Waals surface area (Å²) in [6.07, 6.45) is -4.82. The largest absolute Gasteiger partial charge is 0.573 e. The number of amides is 1. The van der Waals surface area contributed by atoms with Gasteiger partial charge in [0.25, 0.3) is 5.91 Å². The number of fused-ring (bicyclic) bond motifs is 1. The second-order valence-corrected chi connectivity index (χ2v) is 7.13. The Labute approximate surface area is 175 Å². The van der Waals surface area contributed by atoms with Crippen LogP contribution in [0.3, 0.4) is 0 Å². The molecule has 9 heteroatoms. The Bertz CT molecular complexity index is 1170. The van der Waals surface area contributed by atoms with Crippen LogP contribution in [0.5, 0.6) is 17.2 Å². The van der Waals surface area contributed by atoms with Crippen molar-refractivity contribution in [2.24, 2.45) is 5.73 Å². The molecule has 0 aliphatic carbocycles. The highest BCUT2D eigenvalue weighted by atomic mass is 19.4. The molecule has 162 valence electrons. The van der Waals surface area contributed by atoms with Gasteiger partial charge in [-0.2, -0.15) is 0 Å². The highest BCUT2D eigenvalue weighted by molar-refractivity contribution is 6.02. The molecule has 0 bridgehead atoms. The first kappa shape index (κ1) is 20.6. The fourth-order valence-corrected chi connectivity index (χ4v) is 3.85. The van der Waals surface area contributed by atoms with Crippen molar-refractivity contribution in [3.63, 3.8) is 0 Å². The summed E-state index contributed by atoms with van der Waals surface area (Å²) in [6.45, 7) is 4.11. The summed E-state index contributed by atoms with van der Waals surface area (Å²) in [5.74, 6) is 0.250. The smallest absolute Gasteiger partial charge is 0.454 e. The number of ether oxygens (including phenoxy) is 3. The molecular weight excluding hydrogens is 413 g/mol. The Morgan fingerprint density at radius 1 is 1.10 bits per heavy atom. The predicted molar refractivity (Wildman–Crippen MR) is 106 cm³/mol. The van der Waals surface area contributed by atoms with Gasteiger partial charge in [0.15, 0.2) is 11.5 Å². The molecular formula is C22H19F3N2O4. The SMILES string of the molecule is Cc1c(C(N)=O)c(-c2cccc(OC(F)(F)F)c2)c(C)n1Cc1ccc2c(c1)OCO2. The van der Waals surface area contributed by atoms with Crippen LogP contribution in [0.15, 0.2) is 42.5 Å². The average molecular weight is 432 g/mol. The van der Waals surface area contributed by atoms with Crippen molar-refractivity contribution in [2.75, 3.05) is 6.79 Å². The fourth-order valence-electron chi connectivity index (χ4n) is 3.85. The minimum absolute atomic E-state index is 0.159. The van der Waals surface area contributed by atoms with E-state index in [1.54, 1.807) is 26.0 Å². The third-order valence-electron chi connectivity index (χ3n) is 5.16. The summed E-state index contributed by atoms with van der Waals surface area (Å²) in [6, 6.07) is 11.0. The van der Waals surface area contributed by atoms with Gasteiger partial charge in [-0.25, -0.2) is 0 Å². The summed E-state index contributed by atoms with van der Waals surface area (Å²) in [5, 5.41) is 0. The molecule has 2 aromatic carbocycles. The number of carbonyl (C=O) groups excluding carboxylic acids is 1. The van der Waals surface area contributed by atoms with Crippen molar-refractivity contribution in [3.8, 4) is 28.4 Å². The normalized spacial score (nSPS) is 12.8. The highest BCUT2D eigenvalue weighted by Crippen LogP contribution is 2.37. The van der Waals surface area contributed by atoms with Crippen molar-refractivity contribution >= 4 is 5.91 Å². The number of halogens is 3. The maximum Gasteiger partial charge on any atom is 0.573 e. The van der Waals surface area contributed by atoms with E-state index in [1.807, 2.05) is 16.7 Å². The molecule has 1 aromatic heterocycles. The molecule has 2 heterocycles. The zero-order valence-corrected chi connectivity index (χ0v) is 16.7. The number of nitrogens with zero attached hydrogens (tertiary/aromatic N) is 1. The van der Waals surface area contributed by atoms with E-state index in [0.29, 0.717) is 40.6 Å². The van der Waals surface area contributed by atoms with Crippen LogP contribution in [-0.4, -0.2) is 23.6 Å². The van der Waals surface area contributed by atoms with E-state index in [-0.39, 0.29) is 18.1 Å². The Hall–Kier alpha value is -3.62. The molecule has 4 rings (SSSR count). The second kappa shape index (κ2) is 7.57. The van der Waals surface area contributed by atoms with Crippen molar-refractivity contribution in [3.05, 3.63) is 65.0 Å². The average Bonchev–Trinajstić information content (AvgIpc) is 3.24. The lowest BCUT2D eigenvalue weighted by molar-refractivity contribution is -0.274. The van der Waals surface area contributed by atoms with E-state index in [0.717, 1.165) is 5.56 Å². The third-order valence-corrected chi connectivity index (χ3v) is 5.16. The number of hydrogen-bond acceptors (Lipinski definition) is 4. The van der Waals surface area contributed by atoms with Gasteiger partial charge in [0.1, 0.15) is 5.75 Å². The van der Waals surface area contributed by atoms with Crippen molar-refractivity contribution in [2.45, 2.75) is 26.8 Å². The van der Waals surface area contributed by atoms with Crippen LogP contribution in [0.2, 0.25) is 0 Å². The first-order chi connectivity index (χ1) is 14.6. The summed E-state index contributed by atoms with van der Waals surface area (Å²) < 4.78 is 54.6. The number of primary amides is 1. The minimum Gasteiger partial charge on any atom is -0.454 e. The first-order valence-corrected chi connectivity index (χ1v) is 9.38. The molecule has 3 aromatic rings. The summed E-state index contributed by atoms with van der Waals surface area (Å²) >= 11 is 0. The number of alkyl halides is 3. The van der Waals surface area contributed by atoms with Crippen molar-refractivity contribution < 1.29 is 32.2 Å². The van der Waals surface area contributed by atoms with E-state index in [2.05, 4.69) is 4.74 Å². The lowest BCUT2D eigenvalue weighted by Gasteiger charge is -2.12. The molecule has 0 radical (unpaired) electrons. The molecule has 0 spiro atoms. The zero-order chi connectivity index (χ0) is 22.3. The molecule has 31 heavy (non-hydrogen) atoms. The molecule has 0 saturated carbocycles. The third kappa shape index (κ3) is 4.03. The molecule has 1 amide bonds. The van der Waals surface area contributed by atoms with Gasteiger partial charge in [0, 0.05) is 23.5 Å². The lowest BCUT2D eigenvalue weighted by Crippen LogP contribution is -2.17. The van der Waals surface area contributed by atoms with Crippen molar-refractivity contribution in [1.29, 1.82) is 0 Å². The molecule has 0 atom stereocenters. The van der Waals surface area contributed by atoms with Crippen LogP contribution < -0.4 is 19.9 Å². The lowest BCUT2D eigenvalue weighted by atomic mass is 10.00. The molecule has 2 N–H and O–H groups in total. The molecule has 0 unspecified atom stereocenters. The predicted octanol–water partition coefficient (Wildman–Crippen LogP) is 4.55. The number of benzene rings is 2. The van der Waals surface area contributed by atoms with Gasteiger partial charge in [-0.3, -0.25) is 4.79 Å². The van der Waals surface area contributed by atoms with E-state index >= 15 is 0 Å². The Morgan fingerprint density at radius 3 is 2.55 bits per heavy atom. The summed E-state index contributed by atoms with van der Waals surface area (Å²) in [4.78, 5) is 12.3. The molecule has 0 fully saturated rings. The summed E-state index contributed by atoms with van der Waals surface area (Å²) in [5.41, 5.74) is 8.97. The molecule has 1 aliphatic rings. The van der Waals surface area contributed by atoms with Gasteiger partial charge in [-0.15, -0.1) is 13.2 Å². The number of aromatic nitrogens is 1. The van der Waals surface area contributed by atoms with E-state index in [9.17, 15) is 18.0 Å². The van der Waals surface area contributed by atoms with Gasteiger partial charge < -0.3 is 24.5 Å². The van der Waals surface area contributed by atoms with E-state index < -0.39 is 12.3 Å². The number of hydrogen-bond donors (Lipinski definition) is 1.